The number of pyridine rings is 1. The van der Waals surface area contributed by atoms with Gasteiger partial charge in [0.2, 0.25) is 11.8 Å². The molecule has 10 nitrogen and oxygen atoms in total. The van der Waals surface area contributed by atoms with E-state index in [2.05, 4.69) is 20.7 Å². The van der Waals surface area contributed by atoms with Crippen molar-refractivity contribution in [1.82, 2.24) is 25.6 Å². The molecule has 0 spiro atoms. The average molecular weight is 572 g/mol. The Kier molecular flexibility index (Phi) is 8.72. The molecule has 13 heteroatoms. The smallest absolute Gasteiger partial charge is 0.379 e. The van der Waals surface area contributed by atoms with Gasteiger partial charge in [-0.05, 0) is 29.7 Å². The number of nitriles is 1. The largest absolute Gasteiger partial charge is 0.402 e. The highest BCUT2D eigenvalue weighted by Crippen LogP contribution is 2.41. The van der Waals surface area contributed by atoms with Gasteiger partial charge in [0.15, 0.2) is 5.92 Å². The molecule has 5 rings (SSSR count). The fourth-order valence-corrected chi connectivity index (χ4v) is 5.81. The van der Waals surface area contributed by atoms with Crippen molar-refractivity contribution < 1.29 is 27.5 Å². The molecule has 3 atom stereocenters. The predicted molar refractivity (Wildman–Crippen MR) is 142 cm³/mol. The maximum Gasteiger partial charge on any atom is 0.402 e. The van der Waals surface area contributed by atoms with Crippen LogP contribution in [0.5, 0.6) is 0 Å². The molecule has 2 unspecified atom stereocenters. The van der Waals surface area contributed by atoms with Crippen molar-refractivity contribution in [3.8, 4) is 6.07 Å². The van der Waals surface area contributed by atoms with E-state index in [4.69, 9.17) is 10.00 Å². The number of halogens is 3. The molecule has 2 saturated heterocycles. The first-order valence-electron chi connectivity index (χ1n) is 13.7. The molecule has 1 aromatic heterocycles. The number of hydrogen-bond donors (Lipinski definition) is 2. The van der Waals surface area contributed by atoms with Crippen molar-refractivity contribution in [3.63, 3.8) is 0 Å². The van der Waals surface area contributed by atoms with Crippen LogP contribution in [0.15, 0.2) is 42.6 Å². The summed E-state index contributed by atoms with van der Waals surface area (Å²) in [6.45, 7) is 3.12. The van der Waals surface area contributed by atoms with Crippen LogP contribution in [0.4, 0.5) is 19.0 Å². The first kappa shape index (κ1) is 28.8. The van der Waals surface area contributed by atoms with Gasteiger partial charge in [-0.1, -0.05) is 24.3 Å². The van der Waals surface area contributed by atoms with Crippen LogP contribution >= 0.6 is 0 Å². The second-order valence-corrected chi connectivity index (χ2v) is 10.4. The number of hydrogen-bond acceptors (Lipinski definition) is 8. The van der Waals surface area contributed by atoms with E-state index in [1.807, 2.05) is 35.2 Å². The van der Waals surface area contributed by atoms with Crippen LogP contribution in [0.3, 0.4) is 0 Å². The van der Waals surface area contributed by atoms with Crippen LogP contribution in [-0.2, 0) is 20.9 Å². The Balaban J connectivity index is 1.11. The number of anilines is 1. The Bertz CT molecular complexity index is 1280. The van der Waals surface area contributed by atoms with E-state index in [0.29, 0.717) is 57.7 Å². The molecule has 0 radical (unpaired) electrons. The van der Waals surface area contributed by atoms with E-state index in [1.165, 1.54) is 6.20 Å². The Labute approximate surface area is 236 Å². The molecule has 41 heavy (non-hydrogen) atoms. The Morgan fingerprint density at radius 3 is 2.63 bits per heavy atom. The van der Waals surface area contributed by atoms with Crippen molar-refractivity contribution in [2.75, 3.05) is 50.8 Å². The van der Waals surface area contributed by atoms with E-state index in [-0.39, 0.29) is 19.1 Å². The minimum atomic E-state index is -4.68. The van der Waals surface area contributed by atoms with E-state index in [0.717, 1.165) is 16.9 Å². The Hall–Kier alpha value is -3.73. The lowest BCUT2D eigenvalue weighted by Crippen LogP contribution is -2.64. The summed E-state index contributed by atoms with van der Waals surface area (Å²) in [7, 11) is 0. The van der Waals surface area contributed by atoms with Crippen LogP contribution in [-0.4, -0.2) is 84.8 Å². The topological polar surface area (TPSA) is 114 Å². The second kappa shape index (κ2) is 12.4. The summed E-state index contributed by atoms with van der Waals surface area (Å²) in [6.07, 6.45) is -2.35. The standard InChI is InChI=1S/C28H32F3N7O3/c29-28(30,31)26-22(16-34-35-27(26)40)38-17-20-4-1-2-5-21(20)23(38)18-41-13-3-6-25(39)37-11-9-36(10-12-37)24-8-7-19(14-32)15-33-24/h1-2,4-5,7-8,15,22-23,26,34H,3,6,9-13,16-18H2,(H,35,40)/t22?,23-,26?/m0/s1. The number of amides is 2. The molecule has 2 amide bonds. The SMILES string of the molecule is N#Cc1ccc(N2CCN(C(=O)CCCOC[C@H]3c4ccccc4CN3C3CNNC(=O)C3C(F)(F)F)CC2)nc1. The summed E-state index contributed by atoms with van der Waals surface area (Å²) in [5, 5.41) is 8.93. The monoisotopic (exact) mass is 571 g/mol. The second-order valence-electron chi connectivity index (χ2n) is 10.4. The quantitative estimate of drug-likeness (QED) is 0.464. The summed E-state index contributed by atoms with van der Waals surface area (Å²) in [5.74, 6) is -2.43. The number of fused-ring (bicyclic) bond motifs is 1. The minimum absolute atomic E-state index is 0.0289. The molecule has 2 N–H and O–H groups in total. The third-order valence-corrected chi connectivity index (χ3v) is 7.92. The van der Waals surface area contributed by atoms with Crippen LogP contribution < -0.4 is 15.8 Å². The Morgan fingerprint density at radius 2 is 1.93 bits per heavy atom. The summed E-state index contributed by atoms with van der Waals surface area (Å²) < 4.78 is 47.5. The third kappa shape index (κ3) is 6.45. The molecule has 2 aromatic rings. The molecule has 218 valence electrons. The highest BCUT2D eigenvalue weighted by molar-refractivity contribution is 5.80. The van der Waals surface area contributed by atoms with Gasteiger partial charge in [0, 0.05) is 64.5 Å². The lowest BCUT2D eigenvalue weighted by atomic mass is 9.94. The van der Waals surface area contributed by atoms with Crippen molar-refractivity contribution in [1.29, 1.82) is 5.26 Å². The fourth-order valence-electron chi connectivity index (χ4n) is 5.81. The zero-order chi connectivity index (χ0) is 29.0. The fraction of sp³-hybridized carbons (Fsp3) is 0.500. The van der Waals surface area contributed by atoms with Crippen molar-refractivity contribution in [2.45, 2.75) is 37.6 Å². The van der Waals surface area contributed by atoms with Crippen molar-refractivity contribution in [3.05, 3.63) is 59.3 Å². The number of nitrogens with zero attached hydrogens (tertiary/aromatic N) is 5. The highest BCUT2D eigenvalue weighted by atomic mass is 19.4. The molecule has 0 saturated carbocycles. The van der Waals surface area contributed by atoms with Crippen molar-refractivity contribution in [2.24, 2.45) is 5.92 Å². The number of aromatic nitrogens is 1. The molecule has 3 aliphatic rings. The van der Waals surface area contributed by atoms with Gasteiger partial charge in [-0.3, -0.25) is 19.9 Å². The first-order valence-corrected chi connectivity index (χ1v) is 13.7. The van der Waals surface area contributed by atoms with Gasteiger partial charge in [0.25, 0.3) is 0 Å². The predicted octanol–water partition coefficient (Wildman–Crippen LogP) is 2.14. The number of carbonyl (C=O) groups excluding carboxylic acids is 2. The molecule has 4 heterocycles. The van der Waals surface area contributed by atoms with Gasteiger partial charge in [0.05, 0.1) is 18.2 Å². The lowest BCUT2D eigenvalue weighted by Gasteiger charge is -2.41. The van der Waals surface area contributed by atoms with Gasteiger partial charge in [-0.25, -0.2) is 10.4 Å². The van der Waals surface area contributed by atoms with Gasteiger partial charge >= 0.3 is 6.18 Å². The molecule has 3 aliphatic heterocycles. The van der Waals surface area contributed by atoms with E-state index >= 15 is 0 Å². The highest BCUT2D eigenvalue weighted by Gasteiger charge is 2.54. The first-order chi connectivity index (χ1) is 19.8. The number of nitrogens with one attached hydrogen (secondary N) is 2. The normalized spacial score (nSPS) is 23.2. The molecular weight excluding hydrogens is 539 g/mol. The number of carbonyl (C=O) groups is 2. The van der Waals surface area contributed by atoms with Gasteiger partial charge in [-0.2, -0.15) is 18.4 Å². The van der Waals surface area contributed by atoms with Crippen LogP contribution in [0.2, 0.25) is 0 Å². The van der Waals surface area contributed by atoms with Crippen molar-refractivity contribution >= 4 is 17.6 Å². The van der Waals surface area contributed by atoms with Gasteiger partial charge in [-0.15, -0.1) is 0 Å². The van der Waals surface area contributed by atoms with Gasteiger partial charge < -0.3 is 14.5 Å². The summed E-state index contributed by atoms with van der Waals surface area (Å²) in [4.78, 5) is 34.9. The molecule has 1 aromatic carbocycles. The minimum Gasteiger partial charge on any atom is -0.379 e. The van der Waals surface area contributed by atoms with E-state index in [9.17, 15) is 22.8 Å². The summed E-state index contributed by atoms with van der Waals surface area (Å²) in [6, 6.07) is 11.5. The molecule has 0 bridgehead atoms. The maximum atomic E-state index is 13.9. The Morgan fingerprint density at radius 1 is 1.15 bits per heavy atom. The zero-order valence-electron chi connectivity index (χ0n) is 22.4. The number of benzene rings is 1. The molecule has 2 fully saturated rings. The number of hydrazine groups is 1. The lowest BCUT2D eigenvalue weighted by molar-refractivity contribution is -0.203. The van der Waals surface area contributed by atoms with Crippen LogP contribution in [0.1, 0.15) is 35.6 Å². The van der Waals surface area contributed by atoms with Gasteiger partial charge in [0.1, 0.15) is 11.9 Å². The maximum absolute atomic E-state index is 13.9. The zero-order valence-corrected chi connectivity index (χ0v) is 22.4. The van der Waals surface area contributed by atoms with Crippen LogP contribution in [0.25, 0.3) is 0 Å². The number of alkyl halides is 3. The molecular formula is C28H32F3N7O3. The summed E-state index contributed by atoms with van der Waals surface area (Å²) >= 11 is 0. The van der Waals surface area contributed by atoms with E-state index < -0.39 is 30.1 Å². The van der Waals surface area contributed by atoms with Crippen LogP contribution in [0, 0.1) is 17.2 Å². The average Bonchev–Trinajstić information content (AvgIpc) is 3.34. The summed E-state index contributed by atoms with van der Waals surface area (Å²) in [5.41, 5.74) is 7.03. The number of ether oxygens (including phenoxy) is 1. The number of piperazine rings is 1. The third-order valence-electron chi connectivity index (χ3n) is 7.92. The molecule has 0 aliphatic carbocycles. The number of rotatable bonds is 8. The van der Waals surface area contributed by atoms with E-state index in [1.54, 1.807) is 17.0 Å².